The summed E-state index contributed by atoms with van der Waals surface area (Å²) in [5.41, 5.74) is 0. The van der Waals surface area contributed by atoms with Crippen LogP contribution in [0.25, 0.3) is 0 Å². The molecule has 0 bridgehead atoms. The molecular formula is C7H12HgO3. The van der Waals surface area contributed by atoms with Gasteiger partial charge < -0.3 is 15.0 Å². The Balaban J connectivity index is -0.000000114. The number of carbonyl (C=O) groups excluding carboxylic acids is 1. The Kier molecular flexibility index (Phi) is 20.0. The average molecular weight is 345 g/mol. The maximum absolute atomic E-state index is 8.89. The van der Waals surface area contributed by atoms with Crippen LogP contribution in [0.1, 0.15) is 20.8 Å². The van der Waals surface area contributed by atoms with E-state index in [9.17, 15) is 0 Å². The molecule has 1 N–H and O–H groups in total. The second-order valence-corrected chi connectivity index (χ2v) is 1.62. The fourth-order valence-corrected chi connectivity index (χ4v) is 0.241. The minimum atomic E-state index is -1.08. The number of aliphatic hydroxyl groups is 1. The van der Waals surface area contributed by atoms with Crippen molar-refractivity contribution in [1.82, 2.24) is 0 Å². The largest absolute Gasteiger partial charge is 1.00 e. The first-order valence-corrected chi connectivity index (χ1v) is 2.90. The molecule has 0 aliphatic carbocycles. The van der Waals surface area contributed by atoms with Crippen LogP contribution in [0, 0.1) is 6.08 Å². The fraction of sp³-hybridized carbons (Fsp3) is 0.571. The Morgan fingerprint density at radius 3 is 2.00 bits per heavy atom. The topological polar surface area (TPSA) is 60.4 Å². The number of allylic oxidation sites excluding steroid dienone is 1. The fourth-order valence-electron chi connectivity index (χ4n) is 0.241. The van der Waals surface area contributed by atoms with Gasteiger partial charge >= 0.3 is 27.7 Å². The summed E-state index contributed by atoms with van der Waals surface area (Å²) in [6.45, 7) is 4.46. The normalized spacial score (nSPS) is 10.9. The molecule has 0 rings (SSSR count). The monoisotopic (exact) mass is 346 g/mol. The molecule has 60 valence electrons. The van der Waals surface area contributed by atoms with Gasteiger partial charge in [-0.25, -0.2) is 0 Å². The number of carbonyl (C=O) groups is 1. The zero-order valence-corrected chi connectivity index (χ0v) is 12.6. The van der Waals surface area contributed by atoms with Crippen molar-refractivity contribution in [3.63, 3.8) is 0 Å². The van der Waals surface area contributed by atoms with E-state index in [1.807, 2.05) is 6.92 Å². The third kappa shape index (κ3) is 68.9. The first kappa shape index (κ1) is 17.3. The van der Waals surface area contributed by atoms with Crippen molar-refractivity contribution in [2.45, 2.75) is 26.9 Å². The summed E-state index contributed by atoms with van der Waals surface area (Å²) in [4.78, 5) is 8.89. The number of rotatable bonds is 1. The molecule has 0 saturated heterocycles. The van der Waals surface area contributed by atoms with Gasteiger partial charge in [-0.2, -0.15) is 0 Å². The van der Waals surface area contributed by atoms with Crippen molar-refractivity contribution in [2.24, 2.45) is 0 Å². The van der Waals surface area contributed by atoms with Crippen LogP contribution in [-0.4, -0.2) is 17.2 Å². The van der Waals surface area contributed by atoms with Crippen molar-refractivity contribution >= 4 is 5.97 Å². The third-order valence-electron chi connectivity index (χ3n) is 0.408. The number of carboxylic acids is 1. The minimum absolute atomic E-state index is 0. The first-order chi connectivity index (χ1) is 4.50. The quantitative estimate of drug-likeness (QED) is 0.652. The van der Waals surface area contributed by atoms with Gasteiger partial charge in [-0.1, -0.05) is 6.08 Å². The molecule has 11 heavy (non-hydrogen) atoms. The first-order valence-electron chi connectivity index (χ1n) is 2.90. The van der Waals surface area contributed by atoms with E-state index in [0.29, 0.717) is 0 Å². The molecule has 0 aliphatic heterocycles. The van der Waals surface area contributed by atoms with Gasteiger partial charge in [0.25, 0.3) is 0 Å². The van der Waals surface area contributed by atoms with Crippen LogP contribution in [0.15, 0.2) is 6.08 Å². The molecule has 3 nitrogen and oxygen atoms in total. The Morgan fingerprint density at radius 1 is 1.73 bits per heavy atom. The van der Waals surface area contributed by atoms with Crippen LogP contribution in [0.2, 0.25) is 0 Å². The Bertz CT molecular complexity index is 106. The molecule has 0 unspecified atom stereocenters. The van der Waals surface area contributed by atoms with E-state index >= 15 is 0 Å². The van der Waals surface area contributed by atoms with Crippen molar-refractivity contribution in [3.8, 4) is 0 Å². The smallest absolute Gasteiger partial charge is 0.550 e. The average Bonchev–Trinajstić information content (AvgIpc) is 1.62. The summed E-state index contributed by atoms with van der Waals surface area (Å²) in [5.74, 6) is -1.08. The minimum Gasteiger partial charge on any atom is -0.550 e. The number of aliphatic carboxylic acids is 1. The Morgan fingerprint density at radius 2 is 2.00 bits per heavy atom. The van der Waals surface area contributed by atoms with E-state index in [2.05, 4.69) is 6.08 Å². The maximum atomic E-state index is 8.89. The Hall–Kier alpha value is 0.105. The summed E-state index contributed by atoms with van der Waals surface area (Å²) in [6, 6.07) is 0. The molecule has 0 aromatic heterocycles. The van der Waals surface area contributed by atoms with Crippen LogP contribution < -0.4 is 5.11 Å². The number of hydrogen-bond acceptors (Lipinski definition) is 3. The summed E-state index contributed by atoms with van der Waals surface area (Å²) in [7, 11) is 0. The van der Waals surface area contributed by atoms with Crippen LogP contribution in [-0.2, 0) is 32.5 Å². The molecule has 0 amide bonds. The van der Waals surface area contributed by atoms with Gasteiger partial charge in [-0.3, -0.25) is 0 Å². The summed E-state index contributed by atoms with van der Waals surface area (Å²) in [6.07, 6.45) is 3.93. The van der Waals surface area contributed by atoms with Crippen molar-refractivity contribution in [2.75, 3.05) is 0 Å². The van der Waals surface area contributed by atoms with Crippen LogP contribution in [0.4, 0.5) is 0 Å². The number of carboxylic acid groups (broad SMARTS) is 1. The zero-order chi connectivity index (χ0) is 8.57. The molecule has 2 radical (unpaired) electrons. The van der Waals surface area contributed by atoms with Gasteiger partial charge in [0.15, 0.2) is 0 Å². The standard InChI is InChI=1S/C5H9O.C2H4O2.Hg/c1-3-4-5(2)6;1-2(3)4;/h3,5-6H,1-2H3;1H3,(H,3,4);/q;;+1/p-1/t5-;;/m1../s1. The molecule has 0 aromatic carbocycles. The summed E-state index contributed by atoms with van der Waals surface area (Å²) >= 11 is 0. The van der Waals surface area contributed by atoms with Gasteiger partial charge in [0.2, 0.25) is 0 Å². The molecule has 0 spiro atoms. The predicted molar refractivity (Wildman–Crippen MR) is 35.8 cm³/mol. The molecule has 0 heterocycles. The van der Waals surface area contributed by atoms with Gasteiger partial charge in [-0.15, -0.1) is 0 Å². The van der Waals surface area contributed by atoms with Crippen LogP contribution in [0.5, 0.6) is 0 Å². The number of aliphatic hydroxyl groups excluding tert-OH is 1. The van der Waals surface area contributed by atoms with Crippen LogP contribution in [0.3, 0.4) is 0 Å². The van der Waals surface area contributed by atoms with Gasteiger partial charge in [0.05, 0.1) is 6.10 Å². The molecule has 0 fully saturated rings. The predicted octanol–water partition coefficient (Wildman–Crippen LogP) is -0.500. The van der Waals surface area contributed by atoms with Gasteiger partial charge in [0, 0.05) is 5.97 Å². The van der Waals surface area contributed by atoms with Gasteiger partial charge in [-0.05, 0) is 26.8 Å². The zero-order valence-electron chi connectivity index (χ0n) is 7.13. The van der Waals surface area contributed by atoms with Crippen LogP contribution >= 0.6 is 0 Å². The maximum Gasteiger partial charge on any atom is 1.00 e. The molecule has 0 aromatic rings. The van der Waals surface area contributed by atoms with E-state index in [-0.39, 0.29) is 27.7 Å². The molecule has 0 saturated carbocycles. The summed E-state index contributed by atoms with van der Waals surface area (Å²) < 4.78 is 0. The van der Waals surface area contributed by atoms with Crippen molar-refractivity contribution < 1.29 is 42.7 Å². The number of hydrogen-bond donors (Lipinski definition) is 1. The van der Waals surface area contributed by atoms with Gasteiger partial charge in [0.1, 0.15) is 0 Å². The summed E-state index contributed by atoms with van der Waals surface area (Å²) in [5, 5.41) is 17.3. The van der Waals surface area contributed by atoms with E-state index < -0.39 is 12.1 Å². The third-order valence-corrected chi connectivity index (χ3v) is 0.408. The molecular weight excluding hydrogens is 333 g/mol. The second kappa shape index (κ2) is 12.8. The van der Waals surface area contributed by atoms with Crippen molar-refractivity contribution in [1.29, 1.82) is 0 Å². The van der Waals surface area contributed by atoms with Crippen molar-refractivity contribution in [3.05, 3.63) is 12.2 Å². The van der Waals surface area contributed by atoms with E-state index in [1.165, 1.54) is 0 Å². The SMILES string of the molecule is CC(=O)[O-].CC=[C][C@@H](C)O.[Hg+]. The van der Waals surface area contributed by atoms with E-state index in [0.717, 1.165) is 6.92 Å². The molecule has 1 atom stereocenters. The second-order valence-electron chi connectivity index (χ2n) is 1.62. The molecule has 0 aliphatic rings. The van der Waals surface area contributed by atoms with E-state index in [1.54, 1.807) is 13.0 Å². The molecule has 4 heteroatoms. The van der Waals surface area contributed by atoms with E-state index in [4.69, 9.17) is 15.0 Å². The Labute approximate surface area is 87.6 Å².